The molecule has 0 atom stereocenters. The molecule has 3 aromatic carbocycles. The Labute approximate surface area is 203 Å². The number of benzene rings is 3. The lowest BCUT2D eigenvalue weighted by Gasteiger charge is -2.28. The molecule has 0 bridgehead atoms. The van der Waals surface area contributed by atoms with E-state index in [0.29, 0.717) is 17.5 Å². The second-order valence-corrected chi connectivity index (χ2v) is 9.27. The molecule has 2 heterocycles. The van der Waals surface area contributed by atoms with Crippen molar-refractivity contribution in [2.75, 3.05) is 19.4 Å². The zero-order valence-corrected chi connectivity index (χ0v) is 20.1. The lowest BCUT2D eigenvalue weighted by molar-refractivity contribution is -0.129. The maximum atomic E-state index is 13.1. The van der Waals surface area contributed by atoms with Gasteiger partial charge < -0.3 is 9.64 Å². The summed E-state index contributed by atoms with van der Waals surface area (Å²) in [6.45, 7) is 3.47. The number of amides is 1. The monoisotopic (exact) mass is 470 g/mol. The van der Waals surface area contributed by atoms with Crippen molar-refractivity contribution < 1.29 is 9.53 Å². The summed E-state index contributed by atoms with van der Waals surface area (Å²) in [6, 6.07) is 24.3. The van der Waals surface area contributed by atoms with E-state index in [1.165, 1.54) is 22.9 Å². The third kappa shape index (κ3) is 4.56. The fourth-order valence-corrected chi connectivity index (χ4v) is 5.08. The maximum Gasteiger partial charge on any atom is 0.233 e. The topological polar surface area (TPSA) is 60.2 Å². The number of carbonyl (C=O) groups excluding carboxylic acids is 1. The molecule has 0 saturated carbocycles. The van der Waals surface area contributed by atoms with Crippen molar-refractivity contribution in [3.8, 4) is 22.8 Å². The van der Waals surface area contributed by atoms with E-state index in [4.69, 9.17) is 4.74 Å². The van der Waals surface area contributed by atoms with Crippen LogP contribution in [0.3, 0.4) is 0 Å². The Balaban J connectivity index is 1.40. The fraction of sp³-hybridized carbons (Fsp3) is 0.222. The predicted octanol–water partition coefficient (Wildman–Crippen LogP) is 4.93. The minimum Gasteiger partial charge on any atom is -0.497 e. The molecule has 6 nitrogen and oxygen atoms in total. The van der Waals surface area contributed by atoms with Crippen LogP contribution in [-0.4, -0.2) is 45.0 Å². The van der Waals surface area contributed by atoms with Gasteiger partial charge in [0.05, 0.1) is 12.9 Å². The fourth-order valence-electron chi connectivity index (χ4n) is 4.22. The number of hydrogen-bond acceptors (Lipinski definition) is 5. The molecule has 1 aliphatic heterocycles. The van der Waals surface area contributed by atoms with Gasteiger partial charge in [-0.3, -0.25) is 9.36 Å². The Kier molecular flexibility index (Phi) is 6.36. The normalized spacial score (nSPS) is 12.9. The zero-order valence-electron chi connectivity index (χ0n) is 19.3. The Bertz CT molecular complexity index is 1320. The first kappa shape index (κ1) is 22.2. The first-order valence-electron chi connectivity index (χ1n) is 11.3. The number of aromatic nitrogens is 3. The van der Waals surface area contributed by atoms with Gasteiger partial charge in [-0.15, -0.1) is 10.2 Å². The van der Waals surface area contributed by atoms with E-state index in [0.717, 1.165) is 41.4 Å². The van der Waals surface area contributed by atoms with E-state index in [1.807, 2.05) is 51.9 Å². The first-order valence-corrected chi connectivity index (χ1v) is 12.2. The molecule has 0 saturated heterocycles. The molecule has 0 fully saturated rings. The van der Waals surface area contributed by atoms with Crippen molar-refractivity contribution in [2.24, 2.45) is 0 Å². The highest BCUT2D eigenvalue weighted by Crippen LogP contribution is 2.30. The van der Waals surface area contributed by atoms with E-state index < -0.39 is 0 Å². The van der Waals surface area contributed by atoms with Crippen molar-refractivity contribution in [3.05, 3.63) is 89.5 Å². The highest BCUT2D eigenvalue weighted by atomic mass is 32.2. The summed E-state index contributed by atoms with van der Waals surface area (Å²) in [7, 11) is 1.65. The number of thioether (sulfide) groups is 1. The predicted molar refractivity (Wildman–Crippen MR) is 134 cm³/mol. The number of ether oxygens (including phenoxy) is 1. The first-order chi connectivity index (χ1) is 16.6. The maximum absolute atomic E-state index is 13.1. The van der Waals surface area contributed by atoms with Crippen LogP contribution in [-0.2, 0) is 17.8 Å². The number of aryl methyl sites for hydroxylation is 1. The highest BCUT2D eigenvalue weighted by molar-refractivity contribution is 7.99. The van der Waals surface area contributed by atoms with Crippen molar-refractivity contribution >= 4 is 17.7 Å². The average molecular weight is 471 g/mol. The molecule has 0 spiro atoms. The van der Waals surface area contributed by atoms with E-state index >= 15 is 0 Å². The number of nitrogens with zero attached hydrogens (tertiary/aromatic N) is 4. The molecule has 172 valence electrons. The molecule has 1 aliphatic rings. The van der Waals surface area contributed by atoms with Gasteiger partial charge in [-0.05, 0) is 54.8 Å². The molecule has 0 aliphatic carbocycles. The summed E-state index contributed by atoms with van der Waals surface area (Å²) in [5.74, 6) is 1.95. The van der Waals surface area contributed by atoms with Crippen molar-refractivity contribution in [3.63, 3.8) is 0 Å². The van der Waals surface area contributed by atoms with Crippen LogP contribution in [0, 0.1) is 6.92 Å². The van der Waals surface area contributed by atoms with Crippen LogP contribution >= 0.6 is 11.8 Å². The van der Waals surface area contributed by atoms with Crippen molar-refractivity contribution in [2.45, 2.75) is 25.0 Å². The summed E-state index contributed by atoms with van der Waals surface area (Å²) in [5.41, 5.74) is 5.62. The third-order valence-electron chi connectivity index (χ3n) is 6.05. The second-order valence-electron chi connectivity index (χ2n) is 8.33. The van der Waals surface area contributed by atoms with Gasteiger partial charge >= 0.3 is 0 Å². The Morgan fingerprint density at radius 2 is 1.79 bits per heavy atom. The summed E-state index contributed by atoms with van der Waals surface area (Å²) < 4.78 is 7.33. The van der Waals surface area contributed by atoms with E-state index in [-0.39, 0.29) is 5.91 Å². The number of fused-ring (bicyclic) bond motifs is 1. The average Bonchev–Trinajstić information content (AvgIpc) is 3.31. The van der Waals surface area contributed by atoms with Gasteiger partial charge in [0.15, 0.2) is 11.0 Å². The molecule has 0 N–H and O–H groups in total. The zero-order chi connectivity index (χ0) is 23.5. The van der Waals surface area contributed by atoms with Gasteiger partial charge in [0.1, 0.15) is 5.75 Å². The van der Waals surface area contributed by atoms with Gasteiger partial charge in [-0.1, -0.05) is 59.8 Å². The lowest BCUT2D eigenvalue weighted by atomic mass is 10.00. The van der Waals surface area contributed by atoms with Crippen LogP contribution in [0.25, 0.3) is 17.1 Å². The van der Waals surface area contributed by atoms with Crippen LogP contribution in [0.2, 0.25) is 0 Å². The molecule has 5 rings (SSSR count). The largest absolute Gasteiger partial charge is 0.497 e. The van der Waals surface area contributed by atoms with Crippen LogP contribution in [0.1, 0.15) is 16.7 Å². The van der Waals surface area contributed by atoms with E-state index in [9.17, 15) is 4.79 Å². The number of carbonyl (C=O) groups is 1. The summed E-state index contributed by atoms with van der Waals surface area (Å²) in [5, 5.41) is 9.66. The van der Waals surface area contributed by atoms with Crippen LogP contribution in [0.5, 0.6) is 5.75 Å². The summed E-state index contributed by atoms with van der Waals surface area (Å²) in [4.78, 5) is 15.0. The van der Waals surface area contributed by atoms with Crippen LogP contribution in [0.4, 0.5) is 0 Å². The van der Waals surface area contributed by atoms with E-state index in [2.05, 4.69) is 47.5 Å². The summed E-state index contributed by atoms with van der Waals surface area (Å²) in [6.07, 6.45) is 0.895. The van der Waals surface area contributed by atoms with Crippen molar-refractivity contribution in [1.82, 2.24) is 19.7 Å². The van der Waals surface area contributed by atoms with Gasteiger partial charge in [-0.2, -0.15) is 0 Å². The minimum atomic E-state index is 0.112. The molecular formula is C27H26N4O2S. The minimum absolute atomic E-state index is 0.112. The smallest absolute Gasteiger partial charge is 0.233 e. The molecule has 4 aromatic rings. The molecule has 7 heteroatoms. The van der Waals surface area contributed by atoms with Gasteiger partial charge in [0.2, 0.25) is 5.91 Å². The van der Waals surface area contributed by atoms with Crippen LogP contribution in [0.15, 0.2) is 78.0 Å². The van der Waals surface area contributed by atoms with Gasteiger partial charge in [-0.25, -0.2) is 0 Å². The Morgan fingerprint density at radius 3 is 2.56 bits per heavy atom. The van der Waals surface area contributed by atoms with Crippen molar-refractivity contribution in [1.29, 1.82) is 0 Å². The summed E-state index contributed by atoms with van der Waals surface area (Å²) >= 11 is 1.42. The number of rotatable bonds is 6. The number of hydrogen-bond donors (Lipinski definition) is 0. The lowest BCUT2D eigenvalue weighted by Crippen LogP contribution is -2.37. The Morgan fingerprint density at radius 1 is 1.00 bits per heavy atom. The quantitative estimate of drug-likeness (QED) is 0.374. The van der Waals surface area contributed by atoms with Crippen LogP contribution < -0.4 is 4.74 Å². The molecular weight excluding hydrogens is 444 g/mol. The van der Waals surface area contributed by atoms with Gasteiger partial charge in [0, 0.05) is 24.3 Å². The van der Waals surface area contributed by atoms with Gasteiger partial charge in [0.25, 0.3) is 0 Å². The molecule has 1 amide bonds. The number of methoxy groups -OCH3 is 1. The molecule has 0 unspecified atom stereocenters. The highest BCUT2D eigenvalue weighted by Gasteiger charge is 2.22. The van der Waals surface area contributed by atoms with E-state index in [1.54, 1.807) is 7.11 Å². The SMILES string of the molecule is COc1ccc(-n2c(SCC(=O)N3CCc4ccccc4C3)nnc2-c2cccc(C)c2)cc1. The third-order valence-corrected chi connectivity index (χ3v) is 6.96. The molecule has 0 radical (unpaired) electrons. The second kappa shape index (κ2) is 9.73. The Hall–Kier alpha value is -3.58. The molecule has 1 aromatic heterocycles. The molecule has 34 heavy (non-hydrogen) atoms. The standard InChI is InChI=1S/C27H26N4O2S/c1-19-6-5-9-21(16-19)26-28-29-27(31(26)23-10-12-24(33-2)13-11-23)34-18-25(32)30-15-14-20-7-3-4-8-22(20)17-30/h3-13,16H,14-15,17-18H2,1-2H3.